The Morgan fingerprint density at radius 1 is 1.16 bits per heavy atom. The number of fused-ring (bicyclic) bond motifs is 1. The van der Waals surface area contributed by atoms with Crippen LogP contribution < -0.4 is 16.0 Å². The minimum atomic E-state index is -0.865. The van der Waals surface area contributed by atoms with Gasteiger partial charge in [0.05, 0.1) is 16.8 Å². The Morgan fingerprint density at radius 2 is 2.00 bits per heavy atom. The predicted octanol–water partition coefficient (Wildman–Crippen LogP) is 2.17. The lowest BCUT2D eigenvalue weighted by Crippen LogP contribution is -2.56. The fourth-order valence-electron chi connectivity index (χ4n) is 4.59. The molecule has 202 valence electrons. The molecule has 3 aromatic rings. The van der Waals surface area contributed by atoms with Crippen molar-refractivity contribution in [1.82, 2.24) is 35.7 Å². The third-order valence-corrected chi connectivity index (χ3v) is 7.81. The van der Waals surface area contributed by atoms with E-state index >= 15 is 0 Å². The van der Waals surface area contributed by atoms with Crippen molar-refractivity contribution in [2.24, 2.45) is 0 Å². The van der Waals surface area contributed by atoms with Crippen LogP contribution in [0, 0.1) is 0 Å². The number of hydrogen-bond donors (Lipinski definition) is 3. The Labute approximate surface area is 233 Å². The summed E-state index contributed by atoms with van der Waals surface area (Å²) in [6.45, 7) is 1.66. The average molecular weight is 581 g/mol. The largest absolute Gasteiger partial charge is 0.428 e. The van der Waals surface area contributed by atoms with Crippen LogP contribution in [0.15, 0.2) is 29.1 Å². The third-order valence-electron chi connectivity index (χ3n) is 6.50. The molecule has 0 aromatic carbocycles. The molecule has 12 nitrogen and oxygen atoms in total. The van der Waals surface area contributed by atoms with Crippen LogP contribution in [-0.2, 0) is 22.6 Å². The number of likely N-dealkylation sites (N-methyl/N-ethyl adjacent to an activating group) is 1. The zero-order chi connectivity index (χ0) is 25.9. The van der Waals surface area contributed by atoms with Crippen LogP contribution in [0.4, 0.5) is 5.82 Å². The molecule has 1 aliphatic carbocycles. The quantitative estimate of drug-likeness (QED) is 0.385. The molecule has 0 spiro atoms. The van der Waals surface area contributed by atoms with Gasteiger partial charge in [-0.1, -0.05) is 11.6 Å². The second-order valence-corrected chi connectivity index (χ2v) is 10.7. The summed E-state index contributed by atoms with van der Waals surface area (Å²) in [6.07, 6.45) is 5.02. The second-order valence-electron chi connectivity index (χ2n) is 9.14. The van der Waals surface area contributed by atoms with E-state index in [4.69, 9.17) is 16.0 Å². The first-order valence-corrected chi connectivity index (χ1v) is 13.0. The van der Waals surface area contributed by atoms with E-state index in [2.05, 4.69) is 41.0 Å². The molecule has 4 heterocycles. The van der Waals surface area contributed by atoms with E-state index < -0.39 is 23.9 Å². The molecule has 38 heavy (non-hydrogen) atoms. The summed E-state index contributed by atoms with van der Waals surface area (Å²) < 4.78 is 5.39. The number of rotatable bonds is 5. The normalized spacial score (nSPS) is 21.1. The van der Waals surface area contributed by atoms with E-state index in [0.29, 0.717) is 35.2 Å². The molecule has 5 rings (SSSR count). The van der Waals surface area contributed by atoms with Gasteiger partial charge in [-0.15, -0.1) is 33.9 Å². The summed E-state index contributed by atoms with van der Waals surface area (Å²) >= 11 is 7.20. The molecule has 15 heteroatoms. The maximum Gasteiger partial charge on any atom is 0.314 e. The minimum Gasteiger partial charge on any atom is -0.428 e. The van der Waals surface area contributed by atoms with E-state index in [-0.39, 0.29) is 30.0 Å². The highest BCUT2D eigenvalue weighted by molar-refractivity contribution is 7.13. The lowest BCUT2D eigenvalue weighted by atomic mass is 9.82. The van der Waals surface area contributed by atoms with Crippen LogP contribution in [0.5, 0.6) is 0 Å². The summed E-state index contributed by atoms with van der Waals surface area (Å²) in [6, 6.07) is 2.09. The molecular formula is C23H26Cl2N8O4S. The maximum absolute atomic E-state index is 13.2. The van der Waals surface area contributed by atoms with Crippen molar-refractivity contribution in [3.05, 3.63) is 51.2 Å². The van der Waals surface area contributed by atoms with Gasteiger partial charge in [0.1, 0.15) is 5.82 Å². The molecule has 3 N–H and O–H groups in total. The smallest absolute Gasteiger partial charge is 0.314 e. The lowest BCUT2D eigenvalue weighted by Gasteiger charge is -2.35. The SMILES string of the molecule is CN1CCc2nc(C(=O)N[C@@H]3C[C@@H](c4nnco4)CC[C@@H]3NC(=O)C(=O)Nc3ccc(Cl)cn3)sc2C1.Cl. The van der Waals surface area contributed by atoms with Gasteiger partial charge in [-0.25, -0.2) is 9.97 Å². The Balaban J connectivity index is 0.00000336. The molecule has 1 saturated carbocycles. The van der Waals surface area contributed by atoms with Gasteiger partial charge in [0, 0.05) is 42.5 Å². The molecular weight excluding hydrogens is 555 g/mol. The highest BCUT2D eigenvalue weighted by atomic mass is 35.5. The average Bonchev–Trinajstić information content (AvgIpc) is 3.56. The molecule has 0 radical (unpaired) electrons. The molecule has 0 unspecified atom stereocenters. The standard InChI is InChI=1S/C23H25ClN8O4S.ClH/c1-32-7-6-15-17(10-32)37-23(29-15)21(35)28-16-8-12(22-31-26-11-36-22)2-4-14(16)27-19(33)20(34)30-18-5-3-13(24)9-25-18;/h3,5,9,11-12,14,16H,2,4,6-8,10H2,1H3,(H,27,33)(H,28,35)(H,25,30,34);1H/t12-,14-,16+;/m0./s1. The molecule has 3 aromatic heterocycles. The van der Waals surface area contributed by atoms with Crippen molar-refractivity contribution in [2.45, 2.75) is 50.2 Å². The molecule has 0 bridgehead atoms. The van der Waals surface area contributed by atoms with Crippen LogP contribution >= 0.6 is 35.3 Å². The molecule has 1 aliphatic heterocycles. The maximum atomic E-state index is 13.2. The van der Waals surface area contributed by atoms with E-state index in [1.807, 2.05) is 7.05 Å². The van der Waals surface area contributed by atoms with Crippen molar-refractivity contribution in [1.29, 1.82) is 0 Å². The topological polar surface area (TPSA) is 155 Å². The Bertz CT molecular complexity index is 1290. The first-order chi connectivity index (χ1) is 17.9. The Hall–Kier alpha value is -3.13. The fraction of sp³-hybridized carbons (Fsp3) is 0.435. The number of carbonyl (C=O) groups is 3. The van der Waals surface area contributed by atoms with Gasteiger partial charge in [-0.3, -0.25) is 14.4 Å². The first-order valence-electron chi connectivity index (χ1n) is 11.8. The number of nitrogens with zero attached hydrogens (tertiary/aromatic N) is 5. The van der Waals surface area contributed by atoms with Crippen LogP contribution in [0.3, 0.4) is 0 Å². The van der Waals surface area contributed by atoms with E-state index in [1.165, 1.54) is 30.0 Å². The number of hydrogen-bond acceptors (Lipinski definition) is 10. The van der Waals surface area contributed by atoms with Crippen molar-refractivity contribution in [3.63, 3.8) is 0 Å². The zero-order valence-corrected chi connectivity index (χ0v) is 22.7. The first kappa shape index (κ1) is 27.9. The predicted molar refractivity (Wildman–Crippen MR) is 141 cm³/mol. The summed E-state index contributed by atoms with van der Waals surface area (Å²) in [5, 5.41) is 16.8. The van der Waals surface area contributed by atoms with Gasteiger partial charge < -0.3 is 25.3 Å². The molecule has 3 atom stereocenters. The third kappa shape index (κ3) is 6.46. The van der Waals surface area contributed by atoms with Crippen molar-refractivity contribution in [2.75, 3.05) is 18.9 Å². The van der Waals surface area contributed by atoms with Gasteiger partial charge >= 0.3 is 11.8 Å². The highest BCUT2D eigenvalue weighted by Gasteiger charge is 2.37. The number of amides is 3. The van der Waals surface area contributed by atoms with Crippen LogP contribution in [0.1, 0.15) is 51.4 Å². The Morgan fingerprint density at radius 3 is 2.74 bits per heavy atom. The number of anilines is 1. The molecule has 2 aliphatic rings. The lowest BCUT2D eigenvalue weighted by molar-refractivity contribution is -0.136. The number of thiazole rings is 1. The fourth-order valence-corrected chi connectivity index (χ4v) is 5.80. The van der Waals surface area contributed by atoms with E-state index in [1.54, 1.807) is 6.07 Å². The van der Waals surface area contributed by atoms with Crippen molar-refractivity contribution < 1.29 is 18.8 Å². The monoisotopic (exact) mass is 580 g/mol. The zero-order valence-electron chi connectivity index (χ0n) is 20.3. The van der Waals surface area contributed by atoms with Gasteiger partial charge in [0.15, 0.2) is 5.01 Å². The molecule has 1 fully saturated rings. The van der Waals surface area contributed by atoms with E-state index in [0.717, 1.165) is 30.1 Å². The van der Waals surface area contributed by atoms with Crippen molar-refractivity contribution >= 4 is 58.9 Å². The van der Waals surface area contributed by atoms with Crippen LogP contribution in [-0.4, -0.2) is 68.5 Å². The number of aromatic nitrogens is 4. The number of pyridine rings is 1. The summed E-state index contributed by atoms with van der Waals surface area (Å²) in [5.41, 5.74) is 0.956. The van der Waals surface area contributed by atoms with Gasteiger partial charge in [-0.05, 0) is 38.4 Å². The number of halogens is 2. The molecule has 0 saturated heterocycles. The summed E-state index contributed by atoms with van der Waals surface area (Å²) in [4.78, 5) is 50.2. The number of nitrogens with one attached hydrogen (secondary N) is 3. The summed E-state index contributed by atoms with van der Waals surface area (Å²) in [5.74, 6) is -1.42. The van der Waals surface area contributed by atoms with Crippen LogP contribution in [0.2, 0.25) is 5.02 Å². The summed E-state index contributed by atoms with van der Waals surface area (Å²) in [7, 11) is 2.04. The van der Waals surface area contributed by atoms with Gasteiger partial charge in [0.2, 0.25) is 12.3 Å². The van der Waals surface area contributed by atoms with Gasteiger partial charge in [-0.2, -0.15) is 0 Å². The van der Waals surface area contributed by atoms with Gasteiger partial charge in [0.25, 0.3) is 5.91 Å². The van der Waals surface area contributed by atoms with Crippen molar-refractivity contribution in [3.8, 4) is 0 Å². The number of carbonyl (C=O) groups excluding carboxylic acids is 3. The van der Waals surface area contributed by atoms with Crippen LogP contribution in [0.25, 0.3) is 0 Å². The molecule has 3 amide bonds. The minimum absolute atomic E-state index is 0. The van der Waals surface area contributed by atoms with E-state index in [9.17, 15) is 14.4 Å². The Kier molecular flexibility index (Phi) is 8.92. The second kappa shape index (κ2) is 12.2. The highest BCUT2D eigenvalue weighted by Crippen LogP contribution is 2.33.